The lowest BCUT2D eigenvalue weighted by Gasteiger charge is -2.26. The molecular formula is C15H21F2NO. The van der Waals surface area contributed by atoms with E-state index in [9.17, 15) is 13.9 Å². The summed E-state index contributed by atoms with van der Waals surface area (Å²) >= 11 is 0. The molecule has 106 valence electrons. The summed E-state index contributed by atoms with van der Waals surface area (Å²) in [5, 5.41) is 13.3. The molecule has 3 atom stereocenters. The summed E-state index contributed by atoms with van der Waals surface area (Å²) in [5.74, 6) is -1.63. The lowest BCUT2D eigenvalue weighted by molar-refractivity contribution is 0.114. The van der Waals surface area contributed by atoms with Gasteiger partial charge in [-0.3, -0.25) is 0 Å². The monoisotopic (exact) mass is 269 g/mol. The van der Waals surface area contributed by atoms with Crippen LogP contribution in [0.1, 0.15) is 50.6 Å². The zero-order valence-electron chi connectivity index (χ0n) is 11.2. The number of aliphatic hydroxyl groups excluding tert-OH is 1. The summed E-state index contributed by atoms with van der Waals surface area (Å²) in [6, 6.07) is 3.86. The molecule has 3 unspecified atom stereocenters. The van der Waals surface area contributed by atoms with Crippen LogP contribution in [0.5, 0.6) is 0 Å². The zero-order chi connectivity index (χ0) is 13.8. The van der Waals surface area contributed by atoms with Crippen molar-refractivity contribution < 1.29 is 13.9 Å². The summed E-state index contributed by atoms with van der Waals surface area (Å²) in [4.78, 5) is 0. The first-order valence-corrected chi connectivity index (χ1v) is 6.97. The lowest BCUT2D eigenvalue weighted by Crippen LogP contribution is -2.40. The third-order valence-corrected chi connectivity index (χ3v) is 3.89. The second-order valence-corrected chi connectivity index (χ2v) is 5.34. The average Bonchev–Trinajstić information content (AvgIpc) is 2.58. The summed E-state index contributed by atoms with van der Waals surface area (Å²) in [7, 11) is 0. The number of halogens is 2. The largest absolute Gasteiger partial charge is 0.392 e. The van der Waals surface area contributed by atoms with Gasteiger partial charge in [0.25, 0.3) is 0 Å². The fraction of sp³-hybridized carbons (Fsp3) is 0.600. The van der Waals surface area contributed by atoms with E-state index in [4.69, 9.17) is 0 Å². The van der Waals surface area contributed by atoms with Crippen LogP contribution >= 0.6 is 0 Å². The highest BCUT2D eigenvalue weighted by atomic mass is 19.2. The molecule has 1 aliphatic rings. The van der Waals surface area contributed by atoms with E-state index in [0.29, 0.717) is 5.56 Å². The van der Waals surface area contributed by atoms with Crippen LogP contribution in [0, 0.1) is 11.6 Å². The number of nitrogens with one attached hydrogen (secondary N) is 1. The predicted molar refractivity (Wildman–Crippen MR) is 70.8 cm³/mol. The Bertz CT molecular complexity index is 425. The van der Waals surface area contributed by atoms with E-state index in [2.05, 4.69) is 5.32 Å². The molecule has 1 aromatic carbocycles. The van der Waals surface area contributed by atoms with Crippen molar-refractivity contribution in [1.29, 1.82) is 0 Å². The van der Waals surface area contributed by atoms with Gasteiger partial charge in [-0.25, -0.2) is 8.78 Å². The van der Waals surface area contributed by atoms with Gasteiger partial charge >= 0.3 is 0 Å². The van der Waals surface area contributed by atoms with Crippen molar-refractivity contribution in [3.8, 4) is 0 Å². The second kappa shape index (κ2) is 6.44. The maximum Gasteiger partial charge on any atom is 0.163 e. The first-order chi connectivity index (χ1) is 9.09. The van der Waals surface area contributed by atoms with Gasteiger partial charge in [0.15, 0.2) is 11.6 Å². The van der Waals surface area contributed by atoms with Crippen LogP contribution < -0.4 is 5.32 Å². The van der Waals surface area contributed by atoms with Gasteiger partial charge in [-0.1, -0.05) is 31.4 Å². The van der Waals surface area contributed by atoms with Crippen LogP contribution in [-0.2, 0) is 0 Å². The molecule has 0 saturated heterocycles. The Balaban J connectivity index is 2.07. The van der Waals surface area contributed by atoms with Gasteiger partial charge in [-0.05, 0) is 25.8 Å². The van der Waals surface area contributed by atoms with Crippen LogP contribution in [0.15, 0.2) is 18.2 Å². The van der Waals surface area contributed by atoms with E-state index in [1.165, 1.54) is 6.07 Å². The Kier molecular flexibility index (Phi) is 4.88. The summed E-state index contributed by atoms with van der Waals surface area (Å²) < 4.78 is 26.9. The van der Waals surface area contributed by atoms with Crippen LogP contribution in [0.25, 0.3) is 0 Å². The first kappa shape index (κ1) is 14.4. The fourth-order valence-electron chi connectivity index (χ4n) is 2.75. The number of hydrogen-bond acceptors (Lipinski definition) is 2. The van der Waals surface area contributed by atoms with Crippen molar-refractivity contribution in [3.63, 3.8) is 0 Å². The topological polar surface area (TPSA) is 32.3 Å². The van der Waals surface area contributed by atoms with E-state index < -0.39 is 17.7 Å². The van der Waals surface area contributed by atoms with Crippen molar-refractivity contribution >= 4 is 0 Å². The van der Waals surface area contributed by atoms with Crippen LogP contribution in [0.4, 0.5) is 8.78 Å². The molecule has 19 heavy (non-hydrogen) atoms. The smallest absolute Gasteiger partial charge is 0.163 e. The van der Waals surface area contributed by atoms with Crippen LogP contribution in [0.3, 0.4) is 0 Å². The van der Waals surface area contributed by atoms with Crippen LogP contribution in [0.2, 0.25) is 0 Å². The summed E-state index contributed by atoms with van der Waals surface area (Å²) in [5.41, 5.74) is 0.316. The Morgan fingerprint density at radius 3 is 2.74 bits per heavy atom. The fourth-order valence-corrected chi connectivity index (χ4v) is 2.75. The van der Waals surface area contributed by atoms with Gasteiger partial charge < -0.3 is 10.4 Å². The Labute approximate surface area is 112 Å². The highest BCUT2D eigenvalue weighted by molar-refractivity contribution is 5.22. The van der Waals surface area contributed by atoms with Crippen molar-refractivity contribution in [2.45, 2.75) is 57.2 Å². The minimum Gasteiger partial charge on any atom is -0.392 e. The van der Waals surface area contributed by atoms with Gasteiger partial charge in [0.1, 0.15) is 0 Å². The minimum atomic E-state index is -0.826. The number of rotatable bonds is 3. The van der Waals surface area contributed by atoms with Crippen molar-refractivity contribution in [2.75, 3.05) is 0 Å². The molecule has 2 N–H and O–H groups in total. The second-order valence-electron chi connectivity index (χ2n) is 5.34. The minimum absolute atomic E-state index is 0.0415. The molecular weight excluding hydrogens is 248 g/mol. The van der Waals surface area contributed by atoms with Gasteiger partial charge in [0, 0.05) is 17.6 Å². The predicted octanol–water partition coefficient (Wildman–Crippen LogP) is 3.31. The highest BCUT2D eigenvalue weighted by Gasteiger charge is 2.24. The standard InChI is InChI=1S/C15H21F2NO/c1-10(11-6-5-7-12(16)15(11)17)18-13-8-3-2-4-9-14(13)19/h5-7,10,13-14,18-19H,2-4,8-9H2,1H3. The summed E-state index contributed by atoms with van der Waals surface area (Å²) in [6.45, 7) is 1.80. The van der Waals surface area contributed by atoms with Gasteiger partial charge in [-0.2, -0.15) is 0 Å². The van der Waals surface area contributed by atoms with Crippen molar-refractivity contribution in [3.05, 3.63) is 35.4 Å². The van der Waals surface area contributed by atoms with Crippen molar-refractivity contribution in [1.82, 2.24) is 5.32 Å². The zero-order valence-corrected chi connectivity index (χ0v) is 11.2. The molecule has 1 aliphatic carbocycles. The molecule has 0 spiro atoms. The Morgan fingerprint density at radius 2 is 1.95 bits per heavy atom. The molecule has 1 aromatic rings. The van der Waals surface area contributed by atoms with Crippen molar-refractivity contribution in [2.24, 2.45) is 0 Å². The van der Waals surface area contributed by atoms with E-state index in [-0.39, 0.29) is 12.1 Å². The Morgan fingerprint density at radius 1 is 1.21 bits per heavy atom. The lowest BCUT2D eigenvalue weighted by atomic mass is 10.0. The number of aliphatic hydroxyl groups is 1. The SMILES string of the molecule is CC(NC1CCCCCC1O)c1cccc(F)c1F. The number of hydrogen-bond donors (Lipinski definition) is 2. The molecule has 0 heterocycles. The van der Waals surface area contributed by atoms with Gasteiger partial charge in [0.05, 0.1) is 6.10 Å². The molecule has 0 amide bonds. The van der Waals surface area contributed by atoms with E-state index >= 15 is 0 Å². The number of benzene rings is 1. The van der Waals surface area contributed by atoms with Gasteiger partial charge in [0.2, 0.25) is 0 Å². The normalized spacial score (nSPS) is 25.9. The molecule has 0 bridgehead atoms. The third-order valence-electron chi connectivity index (χ3n) is 3.89. The van der Waals surface area contributed by atoms with E-state index in [1.807, 2.05) is 0 Å². The molecule has 0 aliphatic heterocycles. The Hall–Kier alpha value is -1.00. The molecule has 1 saturated carbocycles. The first-order valence-electron chi connectivity index (χ1n) is 6.97. The molecule has 0 radical (unpaired) electrons. The molecule has 2 nitrogen and oxygen atoms in total. The van der Waals surface area contributed by atoms with E-state index in [1.54, 1.807) is 13.0 Å². The third kappa shape index (κ3) is 3.51. The van der Waals surface area contributed by atoms with E-state index in [0.717, 1.165) is 38.2 Å². The average molecular weight is 269 g/mol. The molecule has 1 fully saturated rings. The maximum absolute atomic E-state index is 13.7. The highest BCUT2D eigenvalue weighted by Crippen LogP contribution is 2.23. The molecule has 4 heteroatoms. The molecule has 0 aromatic heterocycles. The maximum atomic E-state index is 13.7. The quantitative estimate of drug-likeness (QED) is 0.825. The van der Waals surface area contributed by atoms with Crippen LogP contribution in [-0.4, -0.2) is 17.3 Å². The molecule has 2 rings (SSSR count). The summed E-state index contributed by atoms with van der Waals surface area (Å²) in [6.07, 6.45) is 4.47. The van der Waals surface area contributed by atoms with Gasteiger partial charge in [-0.15, -0.1) is 0 Å².